The number of esters is 1. The van der Waals surface area contributed by atoms with Gasteiger partial charge in [0.15, 0.2) is 0 Å². The smallest absolute Gasteiger partial charge is 0.307 e. The number of rotatable bonds is 5. The first-order valence-corrected chi connectivity index (χ1v) is 6.04. The van der Waals surface area contributed by atoms with Gasteiger partial charge in [0, 0.05) is 24.8 Å². The van der Waals surface area contributed by atoms with Crippen LogP contribution >= 0.6 is 0 Å². The first-order chi connectivity index (χ1) is 7.62. The predicted molar refractivity (Wildman–Crippen MR) is 62.3 cm³/mol. The van der Waals surface area contributed by atoms with Gasteiger partial charge in [-0.25, -0.2) is 0 Å². The molecular weight excluding hydrogens is 206 g/mol. The molecule has 1 N–H and O–H groups in total. The molecule has 0 aromatic carbocycles. The van der Waals surface area contributed by atoms with Crippen molar-refractivity contribution in [1.82, 2.24) is 5.32 Å². The summed E-state index contributed by atoms with van der Waals surface area (Å²) >= 11 is 0. The minimum Gasteiger partial charge on any atom is -0.469 e. The van der Waals surface area contributed by atoms with Crippen LogP contribution in [-0.2, 0) is 14.3 Å². The van der Waals surface area contributed by atoms with Gasteiger partial charge >= 0.3 is 5.97 Å². The summed E-state index contributed by atoms with van der Waals surface area (Å²) in [5, 5.41) is 3.57. The molecule has 0 aromatic heterocycles. The molecule has 94 valence electrons. The molecule has 1 fully saturated rings. The van der Waals surface area contributed by atoms with Crippen LogP contribution in [0.3, 0.4) is 0 Å². The minimum atomic E-state index is -0.141. The van der Waals surface area contributed by atoms with Crippen LogP contribution in [0, 0.1) is 0 Å². The van der Waals surface area contributed by atoms with Crippen LogP contribution in [0.25, 0.3) is 0 Å². The van der Waals surface area contributed by atoms with E-state index in [1.165, 1.54) is 7.11 Å². The molecule has 1 aliphatic rings. The van der Waals surface area contributed by atoms with Gasteiger partial charge in [0.25, 0.3) is 0 Å². The number of methoxy groups -OCH3 is 1. The zero-order chi connectivity index (χ0) is 12.0. The van der Waals surface area contributed by atoms with E-state index in [9.17, 15) is 4.79 Å². The highest BCUT2D eigenvalue weighted by Crippen LogP contribution is 2.26. The summed E-state index contributed by atoms with van der Waals surface area (Å²) in [6.07, 6.45) is 3.26. The van der Waals surface area contributed by atoms with Gasteiger partial charge < -0.3 is 14.8 Å². The molecule has 1 unspecified atom stereocenters. The topological polar surface area (TPSA) is 47.6 Å². The Labute approximate surface area is 97.7 Å². The molecule has 1 heterocycles. The van der Waals surface area contributed by atoms with E-state index in [0.29, 0.717) is 12.5 Å². The third-order valence-corrected chi connectivity index (χ3v) is 3.33. The normalized spacial score (nSPS) is 21.4. The van der Waals surface area contributed by atoms with E-state index in [2.05, 4.69) is 19.2 Å². The molecule has 4 heteroatoms. The number of carbonyl (C=O) groups excluding carboxylic acids is 1. The Kier molecular flexibility index (Phi) is 5.22. The molecule has 0 radical (unpaired) electrons. The Morgan fingerprint density at radius 2 is 2.12 bits per heavy atom. The van der Waals surface area contributed by atoms with Gasteiger partial charge in [0.2, 0.25) is 0 Å². The van der Waals surface area contributed by atoms with Gasteiger partial charge in [0.1, 0.15) is 0 Å². The van der Waals surface area contributed by atoms with Crippen LogP contribution < -0.4 is 5.32 Å². The lowest BCUT2D eigenvalue weighted by Crippen LogP contribution is -2.54. The Morgan fingerprint density at radius 3 is 2.62 bits per heavy atom. The quantitative estimate of drug-likeness (QED) is 0.726. The minimum absolute atomic E-state index is 0.124. The largest absolute Gasteiger partial charge is 0.469 e. The molecule has 0 amide bonds. The van der Waals surface area contributed by atoms with E-state index in [0.717, 1.165) is 32.5 Å². The standard InChI is InChI=1S/C12H23NO3/c1-4-10(2)13-12(9-11(14)15-3)5-7-16-8-6-12/h10,13H,4-9H2,1-3H3. The molecule has 4 nitrogen and oxygen atoms in total. The molecule has 1 aliphatic heterocycles. The summed E-state index contributed by atoms with van der Waals surface area (Å²) in [5.41, 5.74) is -0.124. The van der Waals surface area contributed by atoms with E-state index < -0.39 is 0 Å². The summed E-state index contributed by atoms with van der Waals surface area (Å²) in [4.78, 5) is 11.5. The van der Waals surface area contributed by atoms with Gasteiger partial charge in [-0.05, 0) is 26.2 Å². The number of nitrogens with one attached hydrogen (secondary N) is 1. The van der Waals surface area contributed by atoms with Gasteiger partial charge in [-0.2, -0.15) is 0 Å². The third-order valence-electron chi connectivity index (χ3n) is 3.33. The van der Waals surface area contributed by atoms with E-state index in [4.69, 9.17) is 9.47 Å². The van der Waals surface area contributed by atoms with E-state index in [1.54, 1.807) is 0 Å². The number of carbonyl (C=O) groups is 1. The number of ether oxygens (including phenoxy) is 2. The van der Waals surface area contributed by atoms with Crippen molar-refractivity contribution in [2.45, 2.75) is 51.1 Å². The second-order valence-corrected chi connectivity index (χ2v) is 4.60. The molecule has 1 rings (SSSR count). The Hall–Kier alpha value is -0.610. The highest BCUT2D eigenvalue weighted by Gasteiger charge is 2.35. The average Bonchev–Trinajstić information content (AvgIpc) is 2.29. The Bertz CT molecular complexity index is 224. The highest BCUT2D eigenvalue weighted by molar-refractivity contribution is 5.70. The molecular formula is C12H23NO3. The van der Waals surface area contributed by atoms with Crippen LogP contribution in [0.4, 0.5) is 0 Å². The lowest BCUT2D eigenvalue weighted by molar-refractivity contribution is -0.143. The van der Waals surface area contributed by atoms with Crippen molar-refractivity contribution < 1.29 is 14.3 Å². The van der Waals surface area contributed by atoms with Crippen molar-refractivity contribution in [1.29, 1.82) is 0 Å². The van der Waals surface area contributed by atoms with Gasteiger partial charge in [-0.1, -0.05) is 6.92 Å². The van der Waals surface area contributed by atoms with Crippen molar-refractivity contribution in [3.8, 4) is 0 Å². The second-order valence-electron chi connectivity index (χ2n) is 4.60. The van der Waals surface area contributed by atoms with Crippen molar-refractivity contribution >= 4 is 5.97 Å². The maximum absolute atomic E-state index is 11.5. The van der Waals surface area contributed by atoms with Crippen LogP contribution in [0.1, 0.15) is 39.5 Å². The van der Waals surface area contributed by atoms with E-state index >= 15 is 0 Å². The number of hydrogen-bond acceptors (Lipinski definition) is 4. The summed E-state index contributed by atoms with van der Waals surface area (Å²) < 4.78 is 10.1. The second kappa shape index (κ2) is 6.21. The molecule has 0 aromatic rings. The zero-order valence-corrected chi connectivity index (χ0v) is 10.5. The van der Waals surface area contributed by atoms with Gasteiger partial charge in [-0.15, -0.1) is 0 Å². The van der Waals surface area contributed by atoms with Crippen molar-refractivity contribution in [2.75, 3.05) is 20.3 Å². The highest BCUT2D eigenvalue weighted by atomic mass is 16.5. The van der Waals surface area contributed by atoms with Crippen LogP contribution in [0.5, 0.6) is 0 Å². The fraction of sp³-hybridized carbons (Fsp3) is 0.917. The Morgan fingerprint density at radius 1 is 1.50 bits per heavy atom. The maximum Gasteiger partial charge on any atom is 0.307 e. The predicted octanol–water partition coefficient (Wildman–Crippen LogP) is 1.49. The van der Waals surface area contributed by atoms with Crippen LogP contribution in [-0.4, -0.2) is 37.9 Å². The summed E-state index contributed by atoms with van der Waals surface area (Å²) in [7, 11) is 1.44. The third kappa shape index (κ3) is 3.76. The molecule has 0 aliphatic carbocycles. The molecule has 0 bridgehead atoms. The number of hydrogen-bond donors (Lipinski definition) is 1. The zero-order valence-electron chi connectivity index (χ0n) is 10.5. The van der Waals surface area contributed by atoms with Crippen molar-refractivity contribution in [3.05, 3.63) is 0 Å². The molecule has 1 atom stereocenters. The average molecular weight is 229 g/mol. The SMILES string of the molecule is CCC(C)NC1(CC(=O)OC)CCOCC1. The fourth-order valence-corrected chi connectivity index (χ4v) is 2.11. The monoisotopic (exact) mass is 229 g/mol. The lowest BCUT2D eigenvalue weighted by Gasteiger charge is -2.39. The van der Waals surface area contributed by atoms with Crippen LogP contribution in [0.15, 0.2) is 0 Å². The summed E-state index contributed by atoms with van der Waals surface area (Å²) in [6, 6.07) is 0.419. The first-order valence-electron chi connectivity index (χ1n) is 6.04. The van der Waals surface area contributed by atoms with Crippen molar-refractivity contribution in [3.63, 3.8) is 0 Å². The summed E-state index contributed by atoms with van der Waals surface area (Å²) in [6.45, 7) is 5.73. The summed E-state index contributed by atoms with van der Waals surface area (Å²) in [5.74, 6) is -0.141. The molecule has 0 saturated carbocycles. The Balaban J connectivity index is 2.63. The van der Waals surface area contributed by atoms with Crippen molar-refractivity contribution in [2.24, 2.45) is 0 Å². The van der Waals surface area contributed by atoms with E-state index in [1.807, 2.05) is 0 Å². The maximum atomic E-state index is 11.5. The fourth-order valence-electron chi connectivity index (χ4n) is 2.11. The van der Waals surface area contributed by atoms with Crippen LogP contribution in [0.2, 0.25) is 0 Å². The molecule has 16 heavy (non-hydrogen) atoms. The first kappa shape index (κ1) is 13.5. The molecule has 1 saturated heterocycles. The van der Waals surface area contributed by atoms with Gasteiger partial charge in [0.05, 0.1) is 13.5 Å². The lowest BCUT2D eigenvalue weighted by atomic mass is 9.85. The van der Waals surface area contributed by atoms with Gasteiger partial charge in [-0.3, -0.25) is 4.79 Å². The van der Waals surface area contributed by atoms with E-state index in [-0.39, 0.29) is 11.5 Å². The molecule has 0 spiro atoms.